The van der Waals surface area contributed by atoms with Gasteiger partial charge in [-0.2, -0.15) is 5.26 Å². The first kappa shape index (κ1) is 27.4. The van der Waals surface area contributed by atoms with E-state index in [-0.39, 0.29) is 30.7 Å². The maximum absolute atomic E-state index is 13.4. The van der Waals surface area contributed by atoms with Crippen LogP contribution in [0.2, 0.25) is 0 Å². The number of nitrogens with one attached hydrogen (secondary N) is 2. The molecule has 10 nitrogen and oxygen atoms in total. The van der Waals surface area contributed by atoms with Crippen LogP contribution in [0.1, 0.15) is 52.7 Å². The van der Waals surface area contributed by atoms with Gasteiger partial charge in [0.05, 0.1) is 24.8 Å². The summed E-state index contributed by atoms with van der Waals surface area (Å²) in [5.41, 5.74) is 8.89. The molecule has 39 heavy (non-hydrogen) atoms. The maximum Gasteiger partial charge on any atom is 0.303 e. The SMILES string of the molecule is CN=CC=C(N)CNC(=O)c1ccc2c(c1)[C@]1(CCO2)C[C@H]1C(=O)Nc1cc(C#N)ccc1CCCC(=O)O. The zero-order valence-corrected chi connectivity index (χ0v) is 21.7. The Kier molecular flexibility index (Phi) is 8.30. The summed E-state index contributed by atoms with van der Waals surface area (Å²) in [4.78, 5) is 41.0. The molecule has 2 aromatic rings. The fourth-order valence-corrected chi connectivity index (χ4v) is 5.03. The van der Waals surface area contributed by atoms with Crippen molar-refractivity contribution in [1.82, 2.24) is 5.32 Å². The van der Waals surface area contributed by atoms with Crippen molar-refractivity contribution in [2.45, 2.75) is 37.5 Å². The van der Waals surface area contributed by atoms with E-state index in [0.29, 0.717) is 60.6 Å². The molecule has 1 saturated carbocycles. The van der Waals surface area contributed by atoms with Gasteiger partial charge in [-0.25, -0.2) is 0 Å². The fraction of sp³-hybridized carbons (Fsp3) is 0.345. The Bertz CT molecular complexity index is 1390. The standard InChI is InChI=1S/C29H31N5O5/c1-32-11-9-21(31)17-33-27(37)20-7-8-25-22(14-20)29(10-12-39-25)15-23(29)28(38)34-24-13-18(16-30)5-6-19(24)3-2-4-26(35)36/h5-9,11,13-14,23H,2-4,10,12,15,17,31H2,1H3,(H,33,37)(H,34,38)(H,35,36)/t23-,29-/m0/s1. The van der Waals surface area contributed by atoms with E-state index in [9.17, 15) is 19.6 Å². The Morgan fingerprint density at radius 3 is 2.85 bits per heavy atom. The zero-order chi connectivity index (χ0) is 28.0. The van der Waals surface area contributed by atoms with E-state index < -0.39 is 11.4 Å². The fourth-order valence-electron chi connectivity index (χ4n) is 5.03. The number of fused-ring (bicyclic) bond motifs is 2. The Morgan fingerprint density at radius 1 is 1.28 bits per heavy atom. The smallest absolute Gasteiger partial charge is 0.303 e. The second-order valence-electron chi connectivity index (χ2n) is 9.77. The molecule has 4 rings (SSSR count). The van der Waals surface area contributed by atoms with Crippen LogP contribution in [-0.4, -0.2) is 49.3 Å². The Hall–Kier alpha value is -4.65. The van der Waals surface area contributed by atoms with Crippen LogP contribution < -0.4 is 21.1 Å². The van der Waals surface area contributed by atoms with Gasteiger partial charge in [-0.1, -0.05) is 6.07 Å². The van der Waals surface area contributed by atoms with E-state index in [0.717, 1.165) is 11.1 Å². The molecule has 0 bridgehead atoms. The molecule has 0 aromatic heterocycles. The molecule has 10 heteroatoms. The third-order valence-corrected chi connectivity index (χ3v) is 7.20. The molecule has 1 aliphatic heterocycles. The number of allylic oxidation sites excluding steroid dienone is 1. The van der Waals surface area contributed by atoms with Crippen LogP contribution in [0.15, 0.2) is 53.2 Å². The minimum Gasteiger partial charge on any atom is -0.493 e. The minimum absolute atomic E-state index is 0.0156. The van der Waals surface area contributed by atoms with Crippen LogP contribution in [0.3, 0.4) is 0 Å². The van der Waals surface area contributed by atoms with Crippen molar-refractivity contribution < 1.29 is 24.2 Å². The second-order valence-corrected chi connectivity index (χ2v) is 9.77. The van der Waals surface area contributed by atoms with E-state index in [1.807, 2.05) is 0 Å². The van der Waals surface area contributed by atoms with Gasteiger partial charge in [0.1, 0.15) is 5.75 Å². The third kappa shape index (κ3) is 6.26. The van der Waals surface area contributed by atoms with Crippen LogP contribution in [0.25, 0.3) is 0 Å². The highest BCUT2D eigenvalue weighted by Gasteiger charge is 2.61. The first-order valence-corrected chi connectivity index (χ1v) is 12.8. The van der Waals surface area contributed by atoms with Crippen LogP contribution in [0.4, 0.5) is 5.69 Å². The number of carbonyl (C=O) groups excluding carboxylic acids is 2. The molecule has 1 fully saturated rings. The molecule has 0 unspecified atom stereocenters. The molecule has 202 valence electrons. The maximum atomic E-state index is 13.4. The van der Waals surface area contributed by atoms with Gasteiger partial charge < -0.3 is 26.2 Å². The summed E-state index contributed by atoms with van der Waals surface area (Å²) in [6.45, 7) is 0.637. The Balaban J connectivity index is 1.50. The number of carboxylic acids is 1. The number of aliphatic imine (C=N–C) groups is 1. The summed E-state index contributed by atoms with van der Waals surface area (Å²) in [6.07, 6.45) is 5.31. The van der Waals surface area contributed by atoms with E-state index in [4.69, 9.17) is 15.6 Å². The Labute approximate surface area is 226 Å². The molecule has 2 aromatic carbocycles. The predicted molar refractivity (Wildman–Crippen MR) is 146 cm³/mol. The van der Waals surface area contributed by atoms with Gasteiger partial charge in [0.15, 0.2) is 0 Å². The lowest BCUT2D eigenvalue weighted by atomic mass is 9.86. The van der Waals surface area contributed by atoms with Crippen LogP contribution in [0, 0.1) is 17.2 Å². The lowest BCUT2D eigenvalue weighted by Crippen LogP contribution is -2.30. The topological polar surface area (TPSA) is 167 Å². The van der Waals surface area contributed by atoms with E-state index >= 15 is 0 Å². The number of nitrogens with two attached hydrogens (primary N) is 1. The summed E-state index contributed by atoms with van der Waals surface area (Å²) in [7, 11) is 1.63. The largest absolute Gasteiger partial charge is 0.493 e. The van der Waals surface area contributed by atoms with Crippen molar-refractivity contribution in [1.29, 1.82) is 5.26 Å². The number of nitrogens with zero attached hydrogens (tertiary/aromatic N) is 2. The molecule has 2 amide bonds. The van der Waals surface area contributed by atoms with Gasteiger partial charge in [-0.15, -0.1) is 0 Å². The molecule has 2 aliphatic rings. The molecule has 0 saturated heterocycles. The van der Waals surface area contributed by atoms with E-state index in [1.54, 1.807) is 55.7 Å². The van der Waals surface area contributed by atoms with Crippen LogP contribution >= 0.6 is 0 Å². The molecule has 1 aliphatic carbocycles. The van der Waals surface area contributed by atoms with Crippen LogP contribution in [0.5, 0.6) is 5.75 Å². The van der Waals surface area contributed by atoms with Gasteiger partial charge >= 0.3 is 5.97 Å². The number of aliphatic carboxylic acids is 1. The molecule has 1 heterocycles. The number of hydrogen-bond donors (Lipinski definition) is 4. The third-order valence-electron chi connectivity index (χ3n) is 7.20. The molecular formula is C29H31N5O5. The highest BCUT2D eigenvalue weighted by atomic mass is 16.5. The van der Waals surface area contributed by atoms with Gasteiger partial charge in [0, 0.05) is 53.5 Å². The summed E-state index contributed by atoms with van der Waals surface area (Å²) in [6, 6.07) is 12.4. The van der Waals surface area contributed by atoms with Crippen molar-refractivity contribution in [3.63, 3.8) is 0 Å². The van der Waals surface area contributed by atoms with Crippen LogP contribution in [-0.2, 0) is 21.4 Å². The number of carbonyl (C=O) groups is 3. The number of ether oxygens (including phenoxy) is 1. The zero-order valence-electron chi connectivity index (χ0n) is 21.7. The number of amides is 2. The van der Waals surface area contributed by atoms with E-state index in [1.165, 1.54) is 0 Å². The number of benzene rings is 2. The normalized spacial score (nSPS) is 19.6. The average molecular weight is 530 g/mol. The first-order chi connectivity index (χ1) is 18.8. The number of nitriles is 1. The predicted octanol–water partition coefficient (Wildman–Crippen LogP) is 2.92. The number of rotatable bonds is 10. The lowest BCUT2D eigenvalue weighted by Gasteiger charge is -2.27. The quantitative estimate of drug-likeness (QED) is 0.343. The highest BCUT2D eigenvalue weighted by molar-refractivity contribution is 5.98. The molecular weight excluding hydrogens is 498 g/mol. The van der Waals surface area contributed by atoms with E-state index in [2.05, 4.69) is 21.7 Å². The first-order valence-electron chi connectivity index (χ1n) is 12.8. The Morgan fingerprint density at radius 2 is 2.10 bits per heavy atom. The highest BCUT2D eigenvalue weighted by Crippen LogP contribution is 2.61. The number of carboxylic acid groups (broad SMARTS) is 1. The van der Waals surface area contributed by atoms with Crippen molar-refractivity contribution in [3.05, 3.63) is 70.4 Å². The average Bonchev–Trinajstić information content (AvgIpc) is 3.65. The summed E-state index contributed by atoms with van der Waals surface area (Å²) in [5, 5.41) is 24.1. The number of anilines is 1. The van der Waals surface area contributed by atoms with Crippen molar-refractivity contribution >= 4 is 29.7 Å². The molecule has 0 radical (unpaired) electrons. The second kappa shape index (κ2) is 11.8. The molecule has 2 atom stereocenters. The summed E-state index contributed by atoms with van der Waals surface area (Å²) < 4.78 is 5.84. The van der Waals surface area contributed by atoms with Crippen molar-refractivity contribution in [2.24, 2.45) is 16.6 Å². The lowest BCUT2D eigenvalue weighted by molar-refractivity contribution is -0.137. The van der Waals surface area contributed by atoms with Gasteiger partial charge in [0.2, 0.25) is 5.91 Å². The van der Waals surface area contributed by atoms with Gasteiger partial charge in [-0.3, -0.25) is 19.4 Å². The minimum atomic E-state index is -0.883. The molecule has 5 N–H and O–H groups in total. The number of aryl methyl sites for hydroxylation is 1. The van der Waals surface area contributed by atoms with Crippen molar-refractivity contribution in [2.75, 3.05) is 25.5 Å². The molecule has 1 spiro atoms. The van der Waals surface area contributed by atoms with Gasteiger partial charge in [-0.05, 0) is 67.7 Å². The van der Waals surface area contributed by atoms with Gasteiger partial charge in [0.25, 0.3) is 5.91 Å². The monoisotopic (exact) mass is 529 g/mol. The summed E-state index contributed by atoms with van der Waals surface area (Å²) in [5.74, 6) is -1.02. The van der Waals surface area contributed by atoms with Crippen molar-refractivity contribution in [3.8, 4) is 11.8 Å². The number of hydrogen-bond acceptors (Lipinski definition) is 7. The summed E-state index contributed by atoms with van der Waals surface area (Å²) >= 11 is 0.